The molecule has 1 aliphatic heterocycles. The fourth-order valence-electron chi connectivity index (χ4n) is 1.55. The summed E-state index contributed by atoms with van der Waals surface area (Å²) < 4.78 is 0. The van der Waals surface area contributed by atoms with Crippen LogP contribution < -0.4 is 5.73 Å². The summed E-state index contributed by atoms with van der Waals surface area (Å²) in [4.78, 5) is 23.5. The topological polar surface area (TPSA) is 83.6 Å². The summed E-state index contributed by atoms with van der Waals surface area (Å²) in [6, 6.07) is -1.28. The van der Waals surface area contributed by atoms with Gasteiger partial charge in [0.15, 0.2) is 0 Å². The Morgan fingerprint density at radius 3 is 2.57 bits per heavy atom. The molecule has 14 heavy (non-hydrogen) atoms. The van der Waals surface area contributed by atoms with Gasteiger partial charge >= 0.3 is 5.97 Å². The van der Waals surface area contributed by atoms with Gasteiger partial charge < -0.3 is 15.7 Å². The van der Waals surface area contributed by atoms with Gasteiger partial charge in [0.2, 0.25) is 5.91 Å². The number of carboxylic acids is 1. The lowest BCUT2D eigenvalue weighted by molar-refractivity contribution is -0.148. The normalized spacial score (nSPS) is 22.7. The molecule has 0 aromatic rings. The Morgan fingerprint density at radius 1 is 1.57 bits per heavy atom. The summed E-state index contributed by atoms with van der Waals surface area (Å²) in [6.07, 6.45) is 1.28. The fraction of sp³-hybridized carbons (Fsp3) is 0.750. The molecule has 1 fully saturated rings. The van der Waals surface area contributed by atoms with Crippen molar-refractivity contribution in [3.8, 4) is 0 Å². The van der Waals surface area contributed by atoms with Crippen LogP contribution in [0.4, 0.5) is 0 Å². The Bertz CT molecular complexity index is 233. The largest absolute Gasteiger partial charge is 0.480 e. The van der Waals surface area contributed by atoms with Crippen molar-refractivity contribution >= 4 is 25.4 Å². The monoisotopic (exact) mass is 220 g/mol. The molecule has 0 aliphatic carbocycles. The van der Waals surface area contributed by atoms with Crippen molar-refractivity contribution in [2.75, 3.05) is 6.54 Å². The van der Waals surface area contributed by atoms with Gasteiger partial charge in [-0.05, 0) is 19.8 Å². The van der Waals surface area contributed by atoms with E-state index in [-0.39, 0.29) is 19.4 Å². The minimum absolute atomic E-state index is 0. The Balaban J connectivity index is 0.00000169. The number of carboxylic acid groups (broad SMARTS) is 1. The number of carbonyl (C=O) groups is 2. The smallest absolute Gasteiger partial charge is 0.326 e. The Labute approximate surface area is 89.7 Å². The maximum Gasteiger partial charge on any atom is 0.326 e. The van der Waals surface area contributed by atoms with Gasteiger partial charge in [0.05, 0.1) is 6.04 Å². The first kappa shape index (κ1) is 13.2. The zero-order valence-electron chi connectivity index (χ0n) is 8.06. The number of rotatable bonds is 2. The van der Waals surface area contributed by atoms with Gasteiger partial charge in [0.25, 0.3) is 0 Å². The van der Waals surface area contributed by atoms with E-state index in [9.17, 15) is 9.59 Å². The third-order valence-electron chi connectivity index (χ3n) is 2.21. The lowest BCUT2D eigenvalue weighted by Crippen LogP contribution is -2.47. The van der Waals surface area contributed by atoms with Crippen molar-refractivity contribution in [2.24, 2.45) is 5.73 Å². The van der Waals surface area contributed by atoms with Gasteiger partial charge in [0.1, 0.15) is 6.04 Å². The highest BCUT2D eigenvalue weighted by Crippen LogP contribution is 2.17. The molecule has 0 aromatic heterocycles. The Morgan fingerprint density at radius 2 is 2.14 bits per heavy atom. The summed E-state index contributed by atoms with van der Waals surface area (Å²) >= 11 is 0. The number of amides is 1. The minimum Gasteiger partial charge on any atom is -0.480 e. The molecule has 1 amide bonds. The maximum absolute atomic E-state index is 11.4. The average Bonchev–Trinajstić information content (AvgIpc) is 2.50. The summed E-state index contributed by atoms with van der Waals surface area (Å²) in [5.41, 5.74) is 5.39. The molecule has 0 saturated carbocycles. The molecule has 1 heterocycles. The molecule has 0 bridgehead atoms. The zero-order chi connectivity index (χ0) is 10.0. The molecule has 5 nitrogen and oxygen atoms in total. The third-order valence-corrected chi connectivity index (χ3v) is 2.21. The number of likely N-dealkylation sites (tertiary alicyclic amines) is 1. The molecule has 82 valence electrons. The van der Waals surface area contributed by atoms with Crippen LogP contribution in [0.5, 0.6) is 0 Å². The predicted molar refractivity (Wildman–Crippen MR) is 56.4 cm³/mol. The fourth-order valence-corrected chi connectivity index (χ4v) is 1.55. The summed E-state index contributed by atoms with van der Waals surface area (Å²) in [6.45, 7) is 2.08. The van der Waals surface area contributed by atoms with Crippen molar-refractivity contribution in [1.82, 2.24) is 4.90 Å². The second-order valence-electron chi connectivity index (χ2n) is 3.32. The molecule has 1 rings (SSSR count). The van der Waals surface area contributed by atoms with E-state index in [1.165, 1.54) is 4.90 Å². The number of carbonyl (C=O) groups excluding carboxylic acids is 1. The average molecular weight is 220 g/mol. The molecule has 0 radical (unpaired) electrons. The first-order chi connectivity index (χ1) is 6.04. The molecule has 1 aliphatic rings. The number of hydrogen-bond acceptors (Lipinski definition) is 3. The number of hydrogen-bond donors (Lipinski definition) is 2. The van der Waals surface area contributed by atoms with Crippen molar-refractivity contribution in [3.63, 3.8) is 0 Å². The lowest BCUT2D eigenvalue weighted by Gasteiger charge is -2.22. The summed E-state index contributed by atoms with van der Waals surface area (Å²) in [5.74, 6) is -1.21. The van der Waals surface area contributed by atoms with E-state index in [0.29, 0.717) is 13.0 Å². The van der Waals surface area contributed by atoms with Crippen LogP contribution in [-0.4, -0.2) is 40.5 Å². The van der Waals surface area contributed by atoms with E-state index in [2.05, 4.69) is 0 Å². The van der Waals surface area contributed by atoms with Crippen molar-refractivity contribution < 1.29 is 14.7 Å². The van der Waals surface area contributed by atoms with Crippen LogP contribution in [0.3, 0.4) is 0 Å². The first-order valence-electron chi connectivity index (χ1n) is 4.33. The molecule has 0 aromatic carbocycles. The summed E-state index contributed by atoms with van der Waals surface area (Å²) in [5, 5.41) is 8.78. The highest BCUT2D eigenvalue weighted by Gasteiger charge is 2.34. The lowest BCUT2D eigenvalue weighted by atomic mass is 10.2. The van der Waals surface area contributed by atoms with E-state index in [4.69, 9.17) is 10.8 Å². The van der Waals surface area contributed by atoms with Gasteiger partial charge in [-0.3, -0.25) is 4.79 Å². The van der Waals surface area contributed by atoms with Crippen molar-refractivity contribution in [1.29, 1.82) is 0 Å². The van der Waals surface area contributed by atoms with Gasteiger partial charge in [-0.1, -0.05) is 0 Å². The van der Waals surface area contributed by atoms with Crippen LogP contribution in [0.15, 0.2) is 0 Å². The van der Waals surface area contributed by atoms with E-state index < -0.39 is 18.1 Å². The summed E-state index contributed by atoms with van der Waals surface area (Å²) in [7, 11) is 0. The minimum atomic E-state index is -0.938. The van der Waals surface area contributed by atoms with Gasteiger partial charge in [-0.2, -0.15) is 13.5 Å². The molecule has 1 saturated heterocycles. The highest BCUT2D eigenvalue weighted by atomic mass is 32.1. The van der Waals surface area contributed by atoms with Crippen LogP contribution in [0, 0.1) is 0 Å². The van der Waals surface area contributed by atoms with Crippen LogP contribution in [0.25, 0.3) is 0 Å². The number of aliphatic carboxylic acids is 1. The molecule has 1 unspecified atom stereocenters. The van der Waals surface area contributed by atoms with Crippen LogP contribution in [0.1, 0.15) is 19.8 Å². The molecule has 3 N–H and O–H groups in total. The molecular formula is C8H16N2O3S. The van der Waals surface area contributed by atoms with Crippen molar-refractivity contribution in [2.45, 2.75) is 31.8 Å². The van der Waals surface area contributed by atoms with Crippen LogP contribution >= 0.6 is 13.5 Å². The molecular weight excluding hydrogens is 204 g/mol. The molecule has 2 atom stereocenters. The van der Waals surface area contributed by atoms with Crippen LogP contribution in [0.2, 0.25) is 0 Å². The van der Waals surface area contributed by atoms with E-state index in [0.717, 1.165) is 6.42 Å². The maximum atomic E-state index is 11.4. The molecule has 0 spiro atoms. The van der Waals surface area contributed by atoms with Crippen LogP contribution in [-0.2, 0) is 9.59 Å². The van der Waals surface area contributed by atoms with E-state index >= 15 is 0 Å². The number of nitrogens with zero attached hydrogens (tertiary/aromatic N) is 1. The zero-order valence-corrected chi connectivity index (χ0v) is 9.06. The second-order valence-corrected chi connectivity index (χ2v) is 3.32. The van der Waals surface area contributed by atoms with Gasteiger partial charge in [0, 0.05) is 6.54 Å². The SMILES string of the molecule is CC(N)C(=O)N1CCC[C@H]1C(=O)O.S. The quantitative estimate of drug-likeness (QED) is 0.658. The van der Waals surface area contributed by atoms with Gasteiger partial charge in [-0.25, -0.2) is 4.79 Å². The Kier molecular flexibility index (Phi) is 4.93. The first-order valence-corrected chi connectivity index (χ1v) is 4.33. The van der Waals surface area contributed by atoms with E-state index in [1.807, 2.05) is 0 Å². The number of nitrogens with two attached hydrogens (primary N) is 1. The van der Waals surface area contributed by atoms with Crippen molar-refractivity contribution in [3.05, 3.63) is 0 Å². The van der Waals surface area contributed by atoms with E-state index in [1.54, 1.807) is 6.92 Å². The predicted octanol–water partition coefficient (Wildman–Crippen LogP) is -0.478. The second kappa shape index (κ2) is 5.21. The standard InChI is InChI=1S/C8H14N2O3.H2S/c1-5(9)7(11)10-4-2-3-6(10)8(12)13;/h5-6H,2-4,9H2,1H3,(H,12,13);1H2/t5?,6-;/m0./s1. The Hall–Kier alpha value is -0.750. The molecule has 6 heteroatoms. The third kappa shape index (κ3) is 2.62. The van der Waals surface area contributed by atoms with Gasteiger partial charge in [-0.15, -0.1) is 0 Å². The highest BCUT2D eigenvalue weighted by molar-refractivity contribution is 7.59.